The molecule has 13 heavy (non-hydrogen) atoms. The van der Waals surface area contributed by atoms with Gasteiger partial charge in [-0.3, -0.25) is 0 Å². The Kier molecular flexibility index (Phi) is 1.70. The smallest absolute Gasteiger partial charge is 0.0651 e. The zero-order chi connectivity index (χ0) is 8.84. The lowest BCUT2D eigenvalue weighted by molar-refractivity contribution is 1.09. The van der Waals surface area contributed by atoms with Crippen LogP contribution in [-0.2, 0) is 0 Å². The quantitative estimate of drug-likeness (QED) is 0.751. The Hall–Kier alpha value is -0.410. The Morgan fingerprint density at radius 1 is 1.38 bits per heavy atom. The Morgan fingerprint density at radius 2 is 2.23 bits per heavy atom. The van der Waals surface area contributed by atoms with Crippen molar-refractivity contribution >= 4 is 37.5 Å². The molecule has 66 valence electrons. The van der Waals surface area contributed by atoms with Crippen LogP contribution in [0.1, 0.15) is 24.5 Å². The molecule has 1 saturated carbocycles. The minimum absolute atomic E-state index is 0.759. The van der Waals surface area contributed by atoms with Crippen molar-refractivity contribution in [1.82, 2.24) is 4.37 Å². The molecular formula is C10H8BrNS. The van der Waals surface area contributed by atoms with E-state index >= 15 is 0 Å². The second kappa shape index (κ2) is 2.79. The summed E-state index contributed by atoms with van der Waals surface area (Å²) in [4.78, 5) is 0. The fourth-order valence-corrected chi connectivity index (χ4v) is 2.99. The van der Waals surface area contributed by atoms with E-state index in [0.717, 1.165) is 10.4 Å². The van der Waals surface area contributed by atoms with Crippen molar-refractivity contribution in [2.45, 2.75) is 18.8 Å². The van der Waals surface area contributed by atoms with E-state index in [9.17, 15) is 0 Å². The minimum atomic E-state index is 0.759. The summed E-state index contributed by atoms with van der Waals surface area (Å²) in [5.74, 6) is 0.759. The van der Waals surface area contributed by atoms with Gasteiger partial charge in [-0.15, -0.1) is 0 Å². The van der Waals surface area contributed by atoms with E-state index in [-0.39, 0.29) is 0 Å². The summed E-state index contributed by atoms with van der Waals surface area (Å²) in [7, 11) is 0. The van der Waals surface area contributed by atoms with Crippen molar-refractivity contribution in [3.63, 3.8) is 0 Å². The number of nitrogens with zero attached hydrogens (tertiary/aromatic N) is 1. The first kappa shape index (κ1) is 7.94. The molecule has 2 aromatic rings. The van der Waals surface area contributed by atoms with Crippen molar-refractivity contribution in [3.05, 3.63) is 28.4 Å². The zero-order valence-electron chi connectivity index (χ0n) is 6.96. The number of rotatable bonds is 1. The number of hydrogen-bond donors (Lipinski definition) is 0. The average Bonchev–Trinajstić information content (AvgIpc) is 2.87. The highest BCUT2D eigenvalue weighted by atomic mass is 79.9. The number of halogens is 1. The van der Waals surface area contributed by atoms with Crippen LogP contribution in [0.25, 0.3) is 10.1 Å². The van der Waals surface area contributed by atoms with E-state index in [0.29, 0.717) is 0 Å². The van der Waals surface area contributed by atoms with Crippen molar-refractivity contribution in [1.29, 1.82) is 0 Å². The van der Waals surface area contributed by atoms with Crippen LogP contribution in [0.3, 0.4) is 0 Å². The lowest BCUT2D eigenvalue weighted by Gasteiger charge is -1.93. The average molecular weight is 254 g/mol. The molecule has 1 aromatic heterocycles. The second-order valence-corrected chi connectivity index (χ2v) is 5.20. The van der Waals surface area contributed by atoms with Gasteiger partial charge in [-0.05, 0) is 36.5 Å². The molecule has 1 fully saturated rings. The lowest BCUT2D eigenvalue weighted by atomic mass is 10.2. The fraction of sp³-hybridized carbons (Fsp3) is 0.300. The third-order valence-corrected chi connectivity index (χ3v) is 3.74. The molecule has 0 radical (unpaired) electrons. The van der Waals surface area contributed by atoms with E-state index in [1.165, 1.54) is 28.6 Å². The van der Waals surface area contributed by atoms with Crippen LogP contribution in [0.5, 0.6) is 0 Å². The van der Waals surface area contributed by atoms with Gasteiger partial charge >= 0.3 is 0 Å². The maximum Gasteiger partial charge on any atom is 0.0651 e. The third-order valence-electron chi connectivity index (χ3n) is 2.43. The van der Waals surface area contributed by atoms with Gasteiger partial charge in [0, 0.05) is 15.8 Å². The van der Waals surface area contributed by atoms with E-state index in [1.807, 2.05) is 0 Å². The summed E-state index contributed by atoms with van der Waals surface area (Å²) in [5, 5.41) is 1.36. The maximum absolute atomic E-state index is 4.52. The number of fused-ring (bicyclic) bond motifs is 1. The van der Waals surface area contributed by atoms with Gasteiger partial charge in [0.2, 0.25) is 0 Å². The van der Waals surface area contributed by atoms with Gasteiger partial charge in [0.05, 0.1) is 10.4 Å². The normalized spacial score (nSPS) is 16.7. The van der Waals surface area contributed by atoms with E-state index < -0.39 is 0 Å². The molecule has 1 nitrogen and oxygen atoms in total. The number of hydrogen-bond acceptors (Lipinski definition) is 2. The Labute approximate surface area is 89.1 Å². The molecule has 0 aliphatic heterocycles. The lowest BCUT2D eigenvalue weighted by Crippen LogP contribution is -1.77. The topological polar surface area (TPSA) is 12.9 Å². The molecule has 0 atom stereocenters. The molecule has 0 bridgehead atoms. The van der Waals surface area contributed by atoms with E-state index in [4.69, 9.17) is 0 Å². The maximum atomic E-state index is 4.52. The van der Waals surface area contributed by atoms with Gasteiger partial charge in [-0.1, -0.05) is 22.0 Å². The highest BCUT2D eigenvalue weighted by molar-refractivity contribution is 9.10. The Bertz CT molecular complexity index is 459. The van der Waals surface area contributed by atoms with Crippen molar-refractivity contribution < 1.29 is 0 Å². The molecule has 1 heterocycles. The van der Waals surface area contributed by atoms with Gasteiger partial charge in [-0.2, -0.15) is 4.37 Å². The van der Waals surface area contributed by atoms with Crippen LogP contribution in [0.15, 0.2) is 22.7 Å². The summed E-state index contributed by atoms with van der Waals surface area (Å²) in [6, 6.07) is 6.43. The molecule has 1 aliphatic carbocycles. The predicted molar refractivity (Wildman–Crippen MR) is 59.3 cm³/mol. The highest BCUT2D eigenvalue weighted by Gasteiger charge is 2.27. The van der Waals surface area contributed by atoms with E-state index in [2.05, 4.69) is 38.5 Å². The number of benzene rings is 1. The summed E-state index contributed by atoms with van der Waals surface area (Å²) >= 11 is 5.09. The predicted octanol–water partition coefficient (Wildman–Crippen LogP) is 3.94. The molecule has 0 spiro atoms. The first-order chi connectivity index (χ1) is 6.34. The van der Waals surface area contributed by atoms with Crippen molar-refractivity contribution in [2.75, 3.05) is 0 Å². The Balaban J connectivity index is 2.26. The highest BCUT2D eigenvalue weighted by Crippen LogP contribution is 2.43. The fourth-order valence-electron chi connectivity index (χ4n) is 1.58. The zero-order valence-corrected chi connectivity index (χ0v) is 9.36. The van der Waals surface area contributed by atoms with Crippen molar-refractivity contribution in [2.24, 2.45) is 0 Å². The molecule has 0 amide bonds. The van der Waals surface area contributed by atoms with Gasteiger partial charge in [0.25, 0.3) is 0 Å². The molecule has 0 N–H and O–H groups in total. The summed E-state index contributed by atoms with van der Waals surface area (Å²) < 4.78 is 6.97. The van der Waals surface area contributed by atoms with Gasteiger partial charge in [-0.25, -0.2) is 0 Å². The van der Waals surface area contributed by atoms with Gasteiger partial charge < -0.3 is 0 Å². The van der Waals surface area contributed by atoms with Crippen LogP contribution in [-0.4, -0.2) is 4.37 Å². The molecule has 1 aromatic carbocycles. The summed E-state index contributed by atoms with van der Waals surface area (Å²) in [6.07, 6.45) is 2.66. The first-order valence-corrected chi connectivity index (χ1v) is 5.96. The van der Waals surface area contributed by atoms with Gasteiger partial charge in [0.1, 0.15) is 0 Å². The standard InChI is InChI=1S/C10H8BrNS/c11-7-3-4-8-9(5-7)13-12-10(8)6-1-2-6/h3-6H,1-2H2. The second-order valence-electron chi connectivity index (χ2n) is 3.48. The summed E-state index contributed by atoms with van der Waals surface area (Å²) in [5.41, 5.74) is 1.33. The third kappa shape index (κ3) is 1.30. The van der Waals surface area contributed by atoms with Crippen LogP contribution < -0.4 is 0 Å². The molecular weight excluding hydrogens is 246 g/mol. The molecule has 3 rings (SSSR count). The summed E-state index contributed by atoms with van der Waals surface area (Å²) in [6.45, 7) is 0. The van der Waals surface area contributed by atoms with Gasteiger partial charge in [0.15, 0.2) is 0 Å². The Morgan fingerprint density at radius 3 is 3.00 bits per heavy atom. The molecule has 3 heteroatoms. The molecule has 0 saturated heterocycles. The SMILES string of the molecule is Brc1ccc2c(C3CC3)nsc2c1. The molecule has 1 aliphatic rings. The van der Waals surface area contributed by atoms with Crippen molar-refractivity contribution in [3.8, 4) is 0 Å². The molecule has 0 unspecified atom stereocenters. The van der Waals surface area contributed by atoms with Crippen LogP contribution in [0.2, 0.25) is 0 Å². The first-order valence-electron chi connectivity index (χ1n) is 4.39. The van der Waals surface area contributed by atoms with E-state index in [1.54, 1.807) is 11.5 Å². The minimum Gasteiger partial charge on any atom is -0.196 e. The number of aromatic nitrogens is 1. The van der Waals surface area contributed by atoms with Crippen LogP contribution in [0, 0.1) is 0 Å². The van der Waals surface area contributed by atoms with Crippen LogP contribution in [0.4, 0.5) is 0 Å². The van der Waals surface area contributed by atoms with Crippen LogP contribution >= 0.6 is 27.5 Å². The monoisotopic (exact) mass is 253 g/mol. The largest absolute Gasteiger partial charge is 0.196 e.